The van der Waals surface area contributed by atoms with Gasteiger partial charge in [0.2, 0.25) is 5.91 Å². The van der Waals surface area contributed by atoms with Gasteiger partial charge in [-0.25, -0.2) is 4.79 Å². The Kier molecular flexibility index (Phi) is 4.08. The van der Waals surface area contributed by atoms with Crippen LogP contribution in [0, 0.1) is 5.92 Å². The number of nitrogens with zero attached hydrogens (tertiary/aromatic N) is 2. The van der Waals surface area contributed by atoms with E-state index in [4.69, 9.17) is 9.84 Å². The van der Waals surface area contributed by atoms with Crippen LogP contribution in [0.15, 0.2) is 12.4 Å². The van der Waals surface area contributed by atoms with Gasteiger partial charge in [0.15, 0.2) is 5.54 Å². The first-order valence-electron chi connectivity index (χ1n) is 6.55. The lowest BCUT2D eigenvalue weighted by molar-refractivity contribution is -0.146. The number of carboxylic acid groups (broad SMARTS) is 1. The summed E-state index contributed by atoms with van der Waals surface area (Å²) < 4.78 is 6.57. The highest BCUT2D eigenvalue weighted by atomic mass is 16.5. The molecule has 1 aliphatic rings. The zero-order valence-corrected chi connectivity index (χ0v) is 11.6. The first-order chi connectivity index (χ1) is 9.39. The zero-order chi connectivity index (χ0) is 14.8. The summed E-state index contributed by atoms with van der Waals surface area (Å²) in [5, 5.41) is 15.7. The lowest BCUT2D eigenvalue weighted by Crippen LogP contribution is -2.35. The van der Waals surface area contributed by atoms with Crippen LogP contribution in [0.25, 0.3) is 0 Å². The molecule has 0 spiro atoms. The van der Waals surface area contributed by atoms with Gasteiger partial charge < -0.3 is 15.2 Å². The molecule has 110 valence electrons. The van der Waals surface area contributed by atoms with E-state index in [0.717, 1.165) is 0 Å². The highest BCUT2D eigenvalue weighted by molar-refractivity contribution is 5.91. The second-order valence-corrected chi connectivity index (χ2v) is 5.54. The molecule has 1 heterocycles. The van der Waals surface area contributed by atoms with Crippen LogP contribution in [0.1, 0.15) is 26.7 Å². The molecule has 0 radical (unpaired) electrons. The van der Waals surface area contributed by atoms with Crippen LogP contribution in [-0.2, 0) is 19.9 Å². The molecule has 1 fully saturated rings. The minimum Gasteiger partial charge on any atom is -0.479 e. The minimum atomic E-state index is -1.16. The van der Waals surface area contributed by atoms with Crippen molar-refractivity contribution in [1.82, 2.24) is 9.78 Å². The lowest BCUT2D eigenvalue weighted by atomic mass is 10.1. The van der Waals surface area contributed by atoms with Crippen LogP contribution in [0.2, 0.25) is 0 Å². The number of rotatable bonds is 7. The molecule has 7 heteroatoms. The van der Waals surface area contributed by atoms with E-state index in [2.05, 4.69) is 10.4 Å². The predicted molar refractivity (Wildman–Crippen MR) is 71.4 cm³/mol. The van der Waals surface area contributed by atoms with E-state index in [1.165, 1.54) is 43.8 Å². The van der Waals surface area contributed by atoms with E-state index in [1.807, 2.05) is 0 Å². The van der Waals surface area contributed by atoms with Crippen molar-refractivity contribution in [2.45, 2.75) is 32.2 Å². The number of carboxylic acids is 1. The Morgan fingerprint density at radius 3 is 2.85 bits per heavy atom. The second kappa shape index (κ2) is 5.62. The first-order valence-corrected chi connectivity index (χ1v) is 6.55. The Bertz CT molecular complexity index is 505. The molecule has 1 aromatic rings. The van der Waals surface area contributed by atoms with Gasteiger partial charge in [0.1, 0.15) is 6.61 Å². The molecule has 0 atom stereocenters. The first kappa shape index (κ1) is 14.5. The standard InChI is InChI=1S/C13H19N3O4/c1-13(2,12(18)19)16-6-10(5-14-16)15-11(17)8-20-7-9-3-4-9/h5-6,9H,3-4,7-8H2,1-2H3,(H,15,17)(H,18,19). The highest BCUT2D eigenvalue weighted by Crippen LogP contribution is 2.28. The molecular formula is C13H19N3O4. The van der Waals surface area contributed by atoms with Gasteiger partial charge in [0.25, 0.3) is 0 Å². The Balaban J connectivity index is 1.85. The van der Waals surface area contributed by atoms with Crippen molar-refractivity contribution in [3.63, 3.8) is 0 Å². The molecule has 1 aromatic heterocycles. The second-order valence-electron chi connectivity index (χ2n) is 5.54. The molecule has 0 saturated heterocycles. The van der Waals surface area contributed by atoms with Gasteiger partial charge in [-0.1, -0.05) is 0 Å². The van der Waals surface area contributed by atoms with Crippen molar-refractivity contribution in [2.75, 3.05) is 18.5 Å². The van der Waals surface area contributed by atoms with E-state index in [0.29, 0.717) is 18.2 Å². The predicted octanol–water partition coefficient (Wildman–Crippen LogP) is 1.07. The van der Waals surface area contributed by atoms with Crippen LogP contribution in [-0.4, -0.2) is 40.0 Å². The van der Waals surface area contributed by atoms with Crippen molar-refractivity contribution in [3.05, 3.63) is 12.4 Å². The molecular weight excluding hydrogens is 262 g/mol. The molecule has 0 unspecified atom stereocenters. The number of hydrogen-bond donors (Lipinski definition) is 2. The molecule has 0 aromatic carbocycles. The van der Waals surface area contributed by atoms with Gasteiger partial charge in [-0.15, -0.1) is 0 Å². The molecule has 1 amide bonds. The van der Waals surface area contributed by atoms with Crippen molar-refractivity contribution in [1.29, 1.82) is 0 Å². The summed E-state index contributed by atoms with van der Waals surface area (Å²) in [7, 11) is 0. The van der Waals surface area contributed by atoms with Gasteiger partial charge in [0, 0.05) is 6.20 Å². The van der Waals surface area contributed by atoms with Crippen molar-refractivity contribution >= 4 is 17.6 Å². The number of amides is 1. The fourth-order valence-corrected chi connectivity index (χ4v) is 1.59. The van der Waals surface area contributed by atoms with E-state index >= 15 is 0 Å². The summed E-state index contributed by atoms with van der Waals surface area (Å²) >= 11 is 0. The summed E-state index contributed by atoms with van der Waals surface area (Å²) in [5.74, 6) is -0.647. The number of nitrogens with one attached hydrogen (secondary N) is 1. The topological polar surface area (TPSA) is 93.5 Å². The molecule has 2 N–H and O–H groups in total. The number of ether oxygens (including phenoxy) is 1. The monoisotopic (exact) mass is 281 g/mol. The summed E-state index contributed by atoms with van der Waals surface area (Å²) in [6.07, 6.45) is 5.27. The molecule has 1 saturated carbocycles. The van der Waals surface area contributed by atoms with Gasteiger partial charge in [-0.2, -0.15) is 5.10 Å². The third-order valence-corrected chi connectivity index (χ3v) is 3.25. The lowest BCUT2D eigenvalue weighted by Gasteiger charge is -2.19. The van der Waals surface area contributed by atoms with Crippen molar-refractivity contribution < 1.29 is 19.4 Å². The number of carbonyl (C=O) groups excluding carboxylic acids is 1. The van der Waals surface area contributed by atoms with Crippen LogP contribution >= 0.6 is 0 Å². The van der Waals surface area contributed by atoms with Crippen LogP contribution in [0.5, 0.6) is 0 Å². The maximum Gasteiger partial charge on any atom is 0.331 e. The molecule has 0 bridgehead atoms. The van der Waals surface area contributed by atoms with Gasteiger partial charge in [0.05, 0.1) is 18.5 Å². The third kappa shape index (κ3) is 3.57. The minimum absolute atomic E-state index is 0.00397. The Labute approximate surface area is 116 Å². The number of hydrogen-bond acceptors (Lipinski definition) is 4. The average Bonchev–Trinajstić information content (AvgIpc) is 3.06. The van der Waals surface area contributed by atoms with Crippen LogP contribution in [0.3, 0.4) is 0 Å². The van der Waals surface area contributed by atoms with Crippen molar-refractivity contribution in [2.24, 2.45) is 5.92 Å². The summed E-state index contributed by atoms with van der Waals surface area (Å²) in [5.41, 5.74) is -0.704. The Hall–Kier alpha value is -1.89. The Morgan fingerprint density at radius 1 is 1.55 bits per heavy atom. The van der Waals surface area contributed by atoms with E-state index in [-0.39, 0.29) is 12.5 Å². The Morgan fingerprint density at radius 2 is 2.25 bits per heavy atom. The summed E-state index contributed by atoms with van der Waals surface area (Å²) in [4.78, 5) is 22.7. The number of aromatic nitrogens is 2. The largest absolute Gasteiger partial charge is 0.479 e. The number of carbonyl (C=O) groups is 2. The molecule has 2 rings (SSSR count). The van der Waals surface area contributed by atoms with Crippen LogP contribution < -0.4 is 5.32 Å². The van der Waals surface area contributed by atoms with E-state index in [1.54, 1.807) is 0 Å². The van der Waals surface area contributed by atoms with E-state index < -0.39 is 11.5 Å². The van der Waals surface area contributed by atoms with E-state index in [9.17, 15) is 9.59 Å². The number of aliphatic carboxylic acids is 1. The molecule has 1 aliphatic carbocycles. The summed E-state index contributed by atoms with van der Waals surface area (Å²) in [6, 6.07) is 0. The van der Waals surface area contributed by atoms with Gasteiger partial charge in [-0.05, 0) is 32.6 Å². The smallest absolute Gasteiger partial charge is 0.331 e. The maximum absolute atomic E-state index is 11.6. The third-order valence-electron chi connectivity index (χ3n) is 3.25. The fraction of sp³-hybridized carbons (Fsp3) is 0.615. The highest BCUT2D eigenvalue weighted by Gasteiger charge is 2.30. The van der Waals surface area contributed by atoms with Gasteiger partial charge in [-0.3, -0.25) is 9.48 Å². The fourth-order valence-electron chi connectivity index (χ4n) is 1.59. The van der Waals surface area contributed by atoms with Crippen LogP contribution in [0.4, 0.5) is 5.69 Å². The van der Waals surface area contributed by atoms with Gasteiger partial charge >= 0.3 is 5.97 Å². The maximum atomic E-state index is 11.6. The molecule has 0 aliphatic heterocycles. The quantitative estimate of drug-likeness (QED) is 0.779. The SMILES string of the molecule is CC(C)(C(=O)O)n1cc(NC(=O)COCC2CC2)cn1. The number of anilines is 1. The normalized spacial score (nSPS) is 15.1. The summed E-state index contributed by atoms with van der Waals surface area (Å²) in [6.45, 7) is 3.70. The molecule has 7 nitrogen and oxygen atoms in total. The average molecular weight is 281 g/mol. The molecule has 20 heavy (non-hydrogen) atoms. The zero-order valence-electron chi connectivity index (χ0n) is 11.6. The van der Waals surface area contributed by atoms with Crippen molar-refractivity contribution in [3.8, 4) is 0 Å².